The quantitative estimate of drug-likeness (QED) is 0.711. The number of amides is 1. The number of hydrogen-bond donors (Lipinski definition) is 0. The Morgan fingerprint density at radius 2 is 2.11 bits per heavy atom. The highest BCUT2D eigenvalue weighted by Gasteiger charge is 2.31. The van der Waals surface area contributed by atoms with E-state index in [0.29, 0.717) is 24.8 Å². The van der Waals surface area contributed by atoms with Gasteiger partial charge in [-0.2, -0.15) is 0 Å². The molecule has 0 fully saturated rings. The Labute approximate surface area is 165 Å². The number of aryl methyl sites for hydroxylation is 1. The van der Waals surface area contributed by atoms with Crippen molar-refractivity contribution in [2.24, 2.45) is 4.99 Å². The molecule has 1 aromatic carbocycles. The number of carbonyl (C=O) groups excluding carboxylic acids is 1. The fraction of sp³-hybridized carbons (Fsp3) is 0.318. The van der Waals surface area contributed by atoms with Crippen LogP contribution in [0.5, 0.6) is 11.6 Å². The normalized spacial score (nSPS) is 14.0. The van der Waals surface area contributed by atoms with Crippen LogP contribution >= 0.6 is 0 Å². The first kappa shape index (κ1) is 19.6. The maximum Gasteiger partial charge on any atom is 0.259 e. The molecule has 0 unspecified atom stereocenters. The van der Waals surface area contributed by atoms with Crippen molar-refractivity contribution in [3.05, 3.63) is 52.9 Å². The van der Waals surface area contributed by atoms with Gasteiger partial charge in [-0.25, -0.2) is 4.98 Å². The van der Waals surface area contributed by atoms with Gasteiger partial charge in [0.15, 0.2) is 5.75 Å². The third-order valence-corrected chi connectivity index (χ3v) is 4.73. The molecule has 0 N–H and O–H groups in total. The Balaban J connectivity index is 2.01. The topological polar surface area (TPSA) is 64.0 Å². The number of rotatable bonds is 6. The van der Waals surface area contributed by atoms with Crippen LogP contribution < -0.4 is 9.47 Å². The van der Waals surface area contributed by atoms with Crippen molar-refractivity contribution >= 4 is 12.1 Å². The molecule has 0 atom stereocenters. The van der Waals surface area contributed by atoms with Crippen LogP contribution in [0, 0.1) is 6.92 Å². The third kappa shape index (κ3) is 3.50. The van der Waals surface area contributed by atoms with E-state index in [4.69, 9.17) is 9.47 Å². The molecule has 0 spiro atoms. The largest absolute Gasteiger partial charge is 0.491 e. The molecule has 6 nitrogen and oxygen atoms in total. The Hall–Kier alpha value is -3.15. The van der Waals surface area contributed by atoms with Gasteiger partial charge >= 0.3 is 0 Å². The van der Waals surface area contributed by atoms with Crippen LogP contribution in [0.3, 0.4) is 0 Å². The van der Waals surface area contributed by atoms with Gasteiger partial charge in [0.05, 0.1) is 26.0 Å². The first-order valence-electron chi connectivity index (χ1n) is 9.25. The van der Waals surface area contributed by atoms with Crippen molar-refractivity contribution < 1.29 is 14.3 Å². The number of ether oxygens (including phenoxy) is 2. The van der Waals surface area contributed by atoms with Crippen molar-refractivity contribution in [1.82, 2.24) is 9.88 Å². The van der Waals surface area contributed by atoms with Gasteiger partial charge in [-0.05, 0) is 49.6 Å². The zero-order valence-corrected chi connectivity index (χ0v) is 16.9. The summed E-state index contributed by atoms with van der Waals surface area (Å²) in [6.45, 7) is 6.82. The molecule has 1 aliphatic heterocycles. The Morgan fingerprint density at radius 1 is 1.32 bits per heavy atom. The molecule has 2 aromatic rings. The van der Waals surface area contributed by atoms with E-state index in [-0.39, 0.29) is 5.91 Å². The van der Waals surface area contributed by atoms with E-state index in [2.05, 4.69) is 9.98 Å². The van der Waals surface area contributed by atoms with E-state index >= 15 is 0 Å². The highest BCUT2D eigenvalue weighted by atomic mass is 16.5. The standard InChI is InChI=1S/C22H25N3O3/c1-6-18(12-23-4)25-13-17-9-15(8-14(3)20(17)22(25)26)16-10-19(27-5)21(24-11-16)28-7-2/h6,8-12H,7,13H2,1-5H3/b18-6+,23-12?. The molecule has 0 bridgehead atoms. The average Bonchev–Trinajstić information content (AvgIpc) is 3.03. The number of pyridine rings is 1. The fourth-order valence-electron chi connectivity index (χ4n) is 3.46. The molecule has 28 heavy (non-hydrogen) atoms. The minimum absolute atomic E-state index is 0.00875. The van der Waals surface area contributed by atoms with E-state index < -0.39 is 0 Å². The third-order valence-electron chi connectivity index (χ3n) is 4.73. The summed E-state index contributed by atoms with van der Waals surface area (Å²) in [5.74, 6) is 1.07. The zero-order chi connectivity index (χ0) is 20.3. The van der Waals surface area contributed by atoms with E-state index in [0.717, 1.165) is 33.5 Å². The van der Waals surface area contributed by atoms with Gasteiger partial charge in [0.2, 0.25) is 0 Å². The summed E-state index contributed by atoms with van der Waals surface area (Å²) in [4.78, 5) is 23.1. The lowest BCUT2D eigenvalue weighted by Crippen LogP contribution is -2.24. The lowest BCUT2D eigenvalue weighted by Gasteiger charge is -2.15. The summed E-state index contributed by atoms with van der Waals surface area (Å²) in [6.07, 6.45) is 5.37. The van der Waals surface area contributed by atoms with Crippen molar-refractivity contribution in [2.45, 2.75) is 27.3 Å². The minimum Gasteiger partial charge on any atom is -0.491 e. The van der Waals surface area contributed by atoms with Gasteiger partial charge in [0.25, 0.3) is 11.8 Å². The SMILES string of the molecule is C/C=C(\C=NC)N1Cc2cc(-c3cnc(OCC)c(OC)c3)cc(C)c2C1=O. The second-order valence-corrected chi connectivity index (χ2v) is 6.48. The molecule has 0 saturated heterocycles. The first-order chi connectivity index (χ1) is 13.5. The maximum absolute atomic E-state index is 12.9. The van der Waals surface area contributed by atoms with E-state index in [1.807, 2.05) is 45.0 Å². The molecule has 0 radical (unpaired) electrons. The van der Waals surface area contributed by atoms with E-state index in [1.165, 1.54) is 0 Å². The van der Waals surface area contributed by atoms with Crippen LogP contribution in [0.25, 0.3) is 11.1 Å². The second kappa shape index (κ2) is 8.25. The summed E-state index contributed by atoms with van der Waals surface area (Å²) in [6, 6.07) is 5.97. The molecular weight excluding hydrogens is 354 g/mol. The first-order valence-corrected chi connectivity index (χ1v) is 9.25. The van der Waals surface area contributed by atoms with E-state index in [1.54, 1.807) is 31.5 Å². The molecular formula is C22H25N3O3. The molecule has 1 aliphatic rings. The number of carbonyl (C=O) groups is 1. The van der Waals surface area contributed by atoms with Gasteiger partial charge in [0.1, 0.15) is 0 Å². The predicted octanol–water partition coefficient (Wildman–Crippen LogP) is 4.02. The number of benzene rings is 1. The number of fused-ring (bicyclic) bond motifs is 1. The number of aromatic nitrogens is 1. The second-order valence-electron chi connectivity index (χ2n) is 6.48. The van der Waals surface area contributed by atoms with Crippen LogP contribution in [0.4, 0.5) is 0 Å². The van der Waals surface area contributed by atoms with Gasteiger partial charge < -0.3 is 14.4 Å². The van der Waals surface area contributed by atoms with Gasteiger partial charge in [-0.15, -0.1) is 0 Å². The number of aliphatic imine (C=N–C) groups is 1. The predicted molar refractivity (Wildman–Crippen MR) is 110 cm³/mol. The summed E-state index contributed by atoms with van der Waals surface area (Å²) in [5.41, 5.74) is 5.41. The number of allylic oxidation sites excluding steroid dienone is 2. The van der Waals surface area contributed by atoms with Gasteiger partial charge in [-0.1, -0.05) is 12.1 Å². The van der Waals surface area contributed by atoms with Crippen molar-refractivity contribution in [3.63, 3.8) is 0 Å². The van der Waals surface area contributed by atoms with Crippen molar-refractivity contribution in [2.75, 3.05) is 20.8 Å². The molecule has 0 saturated carbocycles. The fourth-order valence-corrected chi connectivity index (χ4v) is 3.46. The monoisotopic (exact) mass is 379 g/mol. The number of methoxy groups -OCH3 is 1. The van der Waals surface area contributed by atoms with E-state index in [9.17, 15) is 4.79 Å². The molecule has 0 aliphatic carbocycles. The molecule has 1 aromatic heterocycles. The lowest BCUT2D eigenvalue weighted by molar-refractivity contribution is 0.0834. The summed E-state index contributed by atoms with van der Waals surface area (Å²) >= 11 is 0. The van der Waals surface area contributed by atoms with Crippen molar-refractivity contribution in [3.8, 4) is 22.8 Å². The highest BCUT2D eigenvalue weighted by Crippen LogP contribution is 2.35. The van der Waals surface area contributed by atoms with Crippen LogP contribution in [-0.4, -0.2) is 42.8 Å². The molecule has 1 amide bonds. The van der Waals surface area contributed by atoms with Crippen molar-refractivity contribution in [1.29, 1.82) is 0 Å². The summed E-state index contributed by atoms with van der Waals surface area (Å²) < 4.78 is 10.9. The molecule has 146 valence electrons. The van der Waals surface area contributed by atoms with Crippen LogP contribution in [0.1, 0.15) is 35.3 Å². The Morgan fingerprint density at radius 3 is 2.75 bits per heavy atom. The minimum atomic E-state index is 0.00875. The van der Waals surface area contributed by atoms with Gasteiger partial charge in [0, 0.05) is 30.6 Å². The smallest absolute Gasteiger partial charge is 0.259 e. The highest BCUT2D eigenvalue weighted by molar-refractivity contribution is 6.04. The Bertz CT molecular complexity index is 964. The zero-order valence-electron chi connectivity index (χ0n) is 16.9. The Kier molecular flexibility index (Phi) is 5.78. The molecule has 6 heteroatoms. The maximum atomic E-state index is 12.9. The number of hydrogen-bond acceptors (Lipinski definition) is 5. The van der Waals surface area contributed by atoms with Gasteiger partial charge in [-0.3, -0.25) is 9.79 Å². The average molecular weight is 379 g/mol. The van der Waals surface area contributed by atoms with Crippen LogP contribution in [-0.2, 0) is 6.54 Å². The lowest BCUT2D eigenvalue weighted by atomic mass is 9.97. The van der Waals surface area contributed by atoms with Crippen LogP contribution in [0.2, 0.25) is 0 Å². The molecule has 2 heterocycles. The molecule has 3 rings (SSSR count). The number of nitrogens with zero attached hydrogens (tertiary/aromatic N) is 3. The van der Waals surface area contributed by atoms with Crippen LogP contribution in [0.15, 0.2) is 41.2 Å². The summed E-state index contributed by atoms with van der Waals surface area (Å²) in [7, 11) is 3.30. The summed E-state index contributed by atoms with van der Waals surface area (Å²) in [5, 5.41) is 0.